The van der Waals surface area contributed by atoms with Crippen LogP contribution in [0.1, 0.15) is 10.4 Å². The lowest BCUT2D eigenvalue weighted by Gasteiger charge is -2.21. The fraction of sp³-hybridized carbons (Fsp3) is 0.190. The molecule has 6 rings (SSSR count). The Morgan fingerprint density at radius 3 is 2.82 bits per heavy atom. The molecule has 28 heavy (non-hydrogen) atoms. The number of hydrogen-bond donors (Lipinski definition) is 1. The van der Waals surface area contributed by atoms with Gasteiger partial charge in [0.2, 0.25) is 0 Å². The van der Waals surface area contributed by atoms with Gasteiger partial charge in [-0.15, -0.1) is 16.4 Å². The summed E-state index contributed by atoms with van der Waals surface area (Å²) in [5.74, 6) is 0.707. The second-order valence-corrected chi connectivity index (χ2v) is 8.42. The Morgan fingerprint density at radius 2 is 1.96 bits per heavy atom. The van der Waals surface area contributed by atoms with Crippen LogP contribution in [-0.4, -0.2) is 43.2 Å². The molecule has 7 heteroatoms. The van der Waals surface area contributed by atoms with Gasteiger partial charge in [0.1, 0.15) is 16.9 Å². The van der Waals surface area contributed by atoms with Crippen LogP contribution in [0.5, 0.6) is 5.75 Å². The Morgan fingerprint density at radius 1 is 1.14 bits per heavy atom. The number of likely N-dealkylation sites (N-methyl/N-ethyl adjacent to an activating group) is 1. The predicted octanol–water partition coefficient (Wildman–Crippen LogP) is 3.85. The summed E-state index contributed by atoms with van der Waals surface area (Å²) in [5, 5.41) is 18.3. The minimum Gasteiger partial charge on any atom is -0.507 e. The third-order valence-electron chi connectivity index (χ3n) is 5.47. The molecule has 0 saturated carbocycles. The predicted molar refractivity (Wildman–Crippen MR) is 111 cm³/mol. The number of benzene rings is 2. The van der Waals surface area contributed by atoms with Gasteiger partial charge in [-0.2, -0.15) is 0 Å². The second kappa shape index (κ2) is 5.73. The monoisotopic (exact) mass is 387 g/mol. The summed E-state index contributed by atoms with van der Waals surface area (Å²) >= 11 is 1.75. The van der Waals surface area contributed by atoms with Crippen molar-refractivity contribution in [1.82, 2.24) is 24.5 Å². The summed E-state index contributed by atoms with van der Waals surface area (Å²) in [6.07, 6.45) is 2.72. The highest BCUT2D eigenvalue weighted by molar-refractivity contribution is 7.19. The van der Waals surface area contributed by atoms with E-state index in [-0.39, 0.29) is 5.75 Å². The van der Waals surface area contributed by atoms with E-state index in [1.54, 1.807) is 28.2 Å². The topological polar surface area (TPSA) is 66.6 Å². The van der Waals surface area contributed by atoms with Gasteiger partial charge in [-0.05, 0) is 41.9 Å². The van der Waals surface area contributed by atoms with Crippen molar-refractivity contribution in [2.24, 2.45) is 0 Å². The lowest BCUT2D eigenvalue weighted by atomic mass is 10.1. The third kappa shape index (κ3) is 2.26. The van der Waals surface area contributed by atoms with Crippen LogP contribution in [0, 0.1) is 0 Å². The van der Waals surface area contributed by atoms with Crippen LogP contribution in [0.3, 0.4) is 0 Å². The summed E-state index contributed by atoms with van der Waals surface area (Å²) in [7, 11) is 2.15. The maximum Gasteiger partial charge on any atom is 0.185 e. The van der Waals surface area contributed by atoms with Gasteiger partial charge in [0.05, 0.1) is 10.9 Å². The number of aromatic hydroxyl groups is 1. The zero-order valence-electron chi connectivity index (χ0n) is 15.3. The number of rotatable bonds is 1. The van der Waals surface area contributed by atoms with E-state index in [0.29, 0.717) is 11.4 Å². The standard InChI is InChI=1S/C21H17N5OS/c1-25-7-6-14-17(10-25)28-21-18(14)20-23-19(24-26(20)11-22-21)15-8-12-4-2-3-5-13(12)9-16(15)27/h2-5,8-9,11,27H,6-7,10H2,1H3. The first-order chi connectivity index (χ1) is 13.7. The molecule has 0 bridgehead atoms. The lowest BCUT2D eigenvalue weighted by Crippen LogP contribution is -2.25. The number of phenolic OH excluding ortho intramolecular Hbond substituents is 1. The van der Waals surface area contributed by atoms with Crippen molar-refractivity contribution in [2.45, 2.75) is 13.0 Å². The number of aromatic nitrogens is 4. The highest BCUT2D eigenvalue weighted by Gasteiger charge is 2.23. The SMILES string of the molecule is CN1CCc2c(sc3ncn4nc(-c5cc6ccccc6cc5O)nc4c23)C1. The molecule has 2 aromatic carbocycles. The van der Waals surface area contributed by atoms with Crippen molar-refractivity contribution in [3.63, 3.8) is 0 Å². The quantitative estimate of drug-likeness (QED) is 0.473. The van der Waals surface area contributed by atoms with Gasteiger partial charge in [0.15, 0.2) is 11.5 Å². The van der Waals surface area contributed by atoms with Crippen LogP contribution in [0.4, 0.5) is 0 Å². The van der Waals surface area contributed by atoms with Gasteiger partial charge in [-0.3, -0.25) is 0 Å². The van der Waals surface area contributed by atoms with Crippen LogP contribution in [0.2, 0.25) is 0 Å². The molecule has 0 saturated heterocycles. The summed E-state index contributed by atoms with van der Waals surface area (Å²) < 4.78 is 1.73. The molecule has 1 N–H and O–H groups in total. The number of fused-ring (bicyclic) bond motifs is 6. The average molecular weight is 387 g/mol. The minimum atomic E-state index is 0.188. The molecule has 0 atom stereocenters. The molecule has 0 unspecified atom stereocenters. The number of nitrogens with zero attached hydrogens (tertiary/aromatic N) is 5. The zero-order chi connectivity index (χ0) is 18.8. The first kappa shape index (κ1) is 16.0. The van der Waals surface area contributed by atoms with E-state index in [1.165, 1.54) is 10.4 Å². The molecule has 1 aliphatic rings. The molecule has 6 nitrogen and oxygen atoms in total. The van der Waals surface area contributed by atoms with E-state index < -0.39 is 0 Å². The van der Waals surface area contributed by atoms with Crippen LogP contribution in [-0.2, 0) is 13.0 Å². The average Bonchev–Trinajstić information content (AvgIpc) is 3.27. The highest BCUT2D eigenvalue weighted by Crippen LogP contribution is 2.37. The van der Waals surface area contributed by atoms with Gasteiger partial charge in [0, 0.05) is 18.0 Å². The van der Waals surface area contributed by atoms with Crippen molar-refractivity contribution >= 4 is 38.0 Å². The van der Waals surface area contributed by atoms with Gasteiger partial charge in [-0.1, -0.05) is 24.3 Å². The van der Waals surface area contributed by atoms with Gasteiger partial charge in [0.25, 0.3) is 0 Å². The summed E-state index contributed by atoms with van der Waals surface area (Å²) in [6.45, 7) is 1.99. The van der Waals surface area contributed by atoms with E-state index in [9.17, 15) is 5.11 Å². The van der Waals surface area contributed by atoms with Crippen molar-refractivity contribution in [2.75, 3.05) is 13.6 Å². The molecule has 0 aliphatic carbocycles. The van der Waals surface area contributed by atoms with E-state index >= 15 is 0 Å². The minimum absolute atomic E-state index is 0.188. The van der Waals surface area contributed by atoms with Crippen LogP contribution in [0.25, 0.3) is 38.0 Å². The van der Waals surface area contributed by atoms with Crippen molar-refractivity contribution in [3.8, 4) is 17.1 Å². The van der Waals surface area contributed by atoms with Crippen LogP contribution >= 0.6 is 11.3 Å². The lowest BCUT2D eigenvalue weighted by molar-refractivity contribution is 0.318. The third-order valence-corrected chi connectivity index (χ3v) is 6.60. The Kier molecular flexibility index (Phi) is 3.27. The molecule has 1 aliphatic heterocycles. The Balaban J connectivity index is 1.60. The molecule has 138 valence electrons. The molecular weight excluding hydrogens is 370 g/mol. The molecule has 0 radical (unpaired) electrons. The molecule has 4 heterocycles. The normalized spacial score (nSPS) is 14.9. The highest BCUT2D eigenvalue weighted by atomic mass is 32.1. The summed E-state index contributed by atoms with van der Waals surface area (Å²) in [4.78, 5) is 14.1. The Labute approximate surface area is 164 Å². The molecule has 0 amide bonds. The molecule has 0 spiro atoms. The fourth-order valence-electron chi connectivity index (χ4n) is 4.04. The summed E-state index contributed by atoms with van der Waals surface area (Å²) in [6, 6.07) is 11.7. The van der Waals surface area contributed by atoms with Gasteiger partial charge in [-0.25, -0.2) is 14.5 Å². The van der Waals surface area contributed by atoms with Crippen molar-refractivity contribution < 1.29 is 5.11 Å². The molecule has 0 fully saturated rings. The molecule has 5 aromatic rings. The second-order valence-electron chi connectivity index (χ2n) is 7.34. The maximum atomic E-state index is 10.6. The van der Waals surface area contributed by atoms with E-state index in [4.69, 9.17) is 4.98 Å². The fourth-order valence-corrected chi connectivity index (χ4v) is 5.30. The Hall–Kier alpha value is -3.03. The maximum absolute atomic E-state index is 10.6. The van der Waals surface area contributed by atoms with Crippen molar-refractivity contribution in [3.05, 3.63) is 53.2 Å². The van der Waals surface area contributed by atoms with E-state index in [0.717, 1.165) is 46.1 Å². The smallest absolute Gasteiger partial charge is 0.185 e. The Bertz CT molecular complexity index is 1390. The molecular formula is C21H17N5OS. The van der Waals surface area contributed by atoms with E-state index in [1.807, 2.05) is 30.3 Å². The number of phenols is 1. The molecule has 3 aromatic heterocycles. The zero-order valence-corrected chi connectivity index (χ0v) is 16.1. The summed E-state index contributed by atoms with van der Waals surface area (Å²) in [5.41, 5.74) is 2.80. The number of hydrogen-bond acceptors (Lipinski definition) is 6. The largest absolute Gasteiger partial charge is 0.507 e. The van der Waals surface area contributed by atoms with Crippen molar-refractivity contribution in [1.29, 1.82) is 0 Å². The first-order valence-corrected chi connectivity index (χ1v) is 10.1. The van der Waals surface area contributed by atoms with Gasteiger partial charge < -0.3 is 10.0 Å². The van der Waals surface area contributed by atoms with Gasteiger partial charge >= 0.3 is 0 Å². The van der Waals surface area contributed by atoms with E-state index in [2.05, 4.69) is 22.0 Å². The number of thiophene rings is 1. The van der Waals surface area contributed by atoms with Crippen LogP contribution in [0.15, 0.2) is 42.7 Å². The van der Waals surface area contributed by atoms with Crippen LogP contribution < -0.4 is 0 Å². The first-order valence-electron chi connectivity index (χ1n) is 9.24.